The lowest BCUT2D eigenvalue weighted by Crippen LogP contribution is -2.11. The third-order valence-corrected chi connectivity index (χ3v) is 3.91. The van der Waals surface area contributed by atoms with Crippen LogP contribution in [0.1, 0.15) is 11.4 Å². The molecule has 1 aromatic heterocycles. The van der Waals surface area contributed by atoms with Gasteiger partial charge in [0.05, 0.1) is 30.2 Å². The second kappa shape index (κ2) is 6.86. The number of aromatic nitrogens is 2. The van der Waals surface area contributed by atoms with Gasteiger partial charge in [-0.3, -0.25) is 4.79 Å². The van der Waals surface area contributed by atoms with Crippen molar-refractivity contribution in [2.24, 2.45) is 0 Å². The lowest BCUT2D eigenvalue weighted by Gasteiger charge is -2.09. The number of ether oxygens (including phenoxy) is 2. The molecule has 0 aliphatic carbocycles. The van der Waals surface area contributed by atoms with Crippen LogP contribution < -0.4 is 15.0 Å². The van der Waals surface area contributed by atoms with Crippen molar-refractivity contribution in [3.8, 4) is 17.2 Å². The Morgan fingerprint density at radius 1 is 1.16 bits per heavy atom. The molecule has 0 atom stereocenters. The summed E-state index contributed by atoms with van der Waals surface area (Å²) in [6, 6.07) is 9.68. The Morgan fingerprint density at radius 2 is 1.80 bits per heavy atom. The molecule has 0 unspecified atom stereocenters. The first-order chi connectivity index (χ1) is 12.0. The molecule has 3 aromatic rings. The van der Waals surface area contributed by atoms with E-state index in [0.717, 1.165) is 5.56 Å². The number of methoxy groups -OCH3 is 2. The first-order valence-electron chi connectivity index (χ1n) is 7.34. The van der Waals surface area contributed by atoms with Gasteiger partial charge in [-0.05, 0) is 29.8 Å². The van der Waals surface area contributed by atoms with E-state index in [9.17, 15) is 9.90 Å². The minimum atomic E-state index is -0.335. The Kier molecular flexibility index (Phi) is 4.63. The monoisotopic (exact) mass is 358 g/mol. The zero-order chi connectivity index (χ0) is 18.0. The molecule has 2 N–H and O–H groups in total. The average molecular weight is 359 g/mol. The van der Waals surface area contributed by atoms with Gasteiger partial charge in [0.1, 0.15) is 5.75 Å². The number of rotatable bonds is 4. The number of hydrogen-bond acceptors (Lipinski definition) is 5. The van der Waals surface area contributed by atoms with E-state index in [2.05, 4.69) is 9.97 Å². The first kappa shape index (κ1) is 16.9. The fourth-order valence-electron chi connectivity index (χ4n) is 2.36. The Morgan fingerprint density at radius 3 is 2.44 bits per heavy atom. The van der Waals surface area contributed by atoms with Crippen LogP contribution in [0.3, 0.4) is 0 Å². The van der Waals surface area contributed by atoms with Gasteiger partial charge >= 0.3 is 0 Å². The zero-order valence-electron chi connectivity index (χ0n) is 13.5. The van der Waals surface area contributed by atoms with Crippen LogP contribution in [0.25, 0.3) is 22.0 Å². The number of hydrogen-bond donors (Lipinski definition) is 2. The second-order valence-corrected chi connectivity index (χ2v) is 5.63. The Labute approximate surface area is 148 Å². The first-order valence-corrected chi connectivity index (χ1v) is 7.72. The lowest BCUT2D eigenvalue weighted by atomic mass is 10.2. The predicted octanol–water partition coefficient (Wildman–Crippen LogP) is 3.38. The standard InChI is InChI=1S/C18H15ClN2O4/c1-24-15-8-12-14(9-16(15)25-2)20-17(21-18(12)23)13(19)7-10-3-5-11(22)6-4-10/h3-9,22H,1-2H3,(H,20,21,23). The molecular weight excluding hydrogens is 344 g/mol. The number of nitrogens with one attached hydrogen (secondary N) is 1. The Hall–Kier alpha value is -2.99. The summed E-state index contributed by atoms with van der Waals surface area (Å²) in [5.74, 6) is 1.31. The maximum atomic E-state index is 12.4. The summed E-state index contributed by atoms with van der Waals surface area (Å²) >= 11 is 6.30. The summed E-state index contributed by atoms with van der Waals surface area (Å²) < 4.78 is 10.4. The van der Waals surface area contributed by atoms with Crippen LogP contribution in [0.15, 0.2) is 41.2 Å². The fourth-order valence-corrected chi connectivity index (χ4v) is 2.58. The molecule has 0 aliphatic heterocycles. The number of phenolic OH excluding ortho intramolecular Hbond substituents is 1. The van der Waals surface area contributed by atoms with Crippen molar-refractivity contribution < 1.29 is 14.6 Å². The van der Waals surface area contributed by atoms with Crippen LogP contribution in [-0.2, 0) is 0 Å². The third kappa shape index (κ3) is 3.44. The van der Waals surface area contributed by atoms with Crippen molar-refractivity contribution in [3.05, 3.63) is 58.1 Å². The van der Waals surface area contributed by atoms with Gasteiger partial charge in [-0.15, -0.1) is 0 Å². The smallest absolute Gasteiger partial charge is 0.259 e. The largest absolute Gasteiger partial charge is 0.508 e. The van der Waals surface area contributed by atoms with Crippen LogP contribution in [0.4, 0.5) is 0 Å². The van der Waals surface area contributed by atoms with E-state index < -0.39 is 0 Å². The highest BCUT2D eigenvalue weighted by Gasteiger charge is 2.12. The van der Waals surface area contributed by atoms with Gasteiger partial charge in [0, 0.05) is 6.07 Å². The average Bonchev–Trinajstić information content (AvgIpc) is 2.62. The van der Waals surface area contributed by atoms with Crippen molar-refractivity contribution in [2.45, 2.75) is 0 Å². The number of aromatic hydroxyl groups is 1. The van der Waals surface area contributed by atoms with Crippen molar-refractivity contribution in [2.75, 3.05) is 14.2 Å². The van der Waals surface area contributed by atoms with Crippen molar-refractivity contribution in [3.63, 3.8) is 0 Å². The highest BCUT2D eigenvalue weighted by molar-refractivity contribution is 6.50. The molecule has 128 valence electrons. The highest BCUT2D eigenvalue weighted by Crippen LogP contribution is 2.30. The minimum Gasteiger partial charge on any atom is -0.508 e. The van der Waals surface area contributed by atoms with Crippen LogP contribution in [-0.4, -0.2) is 29.3 Å². The summed E-state index contributed by atoms with van der Waals surface area (Å²) in [6.07, 6.45) is 1.64. The maximum absolute atomic E-state index is 12.4. The number of benzene rings is 2. The molecule has 0 amide bonds. The predicted molar refractivity (Wildman–Crippen MR) is 97.3 cm³/mol. The van der Waals surface area contributed by atoms with Gasteiger partial charge in [0.2, 0.25) is 0 Å². The number of fused-ring (bicyclic) bond motifs is 1. The fraction of sp³-hybridized carbons (Fsp3) is 0.111. The van der Waals surface area contributed by atoms with Crippen LogP contribution in [0, 0.1) is 0 Å². The van der Waals surface area contributed by atoms with E-state index in [1.165, 1.54) is 14.2 Å². The van der Waals surface area contributed by atoms with E-state index in [1.807, 2.05) is 0 Å². The zero-order valence-corrected chi connectivity index (χ0v) is 14.3. The molecule has 1 heterocycles. The molecule has 0 radical (unpaired) electrons. The van der Waals surface area contributed by atoms with Gasteiger partial charge in [0.15, 0.2) is 17.3 Å². The molecular formula is C18H15ClN2O4. The number of aromatic amines is 1. The summed E-state index contributed by atoms with van der Waals surface area (Å²) in [6.45, 7) is 0. The summed E-state index contributed by atoms with van der Waals surface area (Å²) in [4.78, 5) is 19.4. The van der Waals surface area contributed by atoms with E-state index in [1.54, 1.807) is 42.5 Å². The van der Waals surface area contributed by atoms with Gasteiger partial charge < -0.3 is 19.6 Å². The Balaban J connectivity index is 2.10. The molecule has 7 heteroatoms. The Bertz CT molecular complexity index is 1010. The summed E-state index contributed by atoms with van der Waals surface area (Å²) in [5.41, 5.74) is 0.865. The second-order valence-electron chi connectivity index (χ2n) is 5.22. The molecule has 0 saturated heterocycles. The summed E-state index contributed by atoms with van der Waals surface area (Å²) in [7, 11) is 3.01. The molecule has 25 heavy (non-hydrogen) atoms. The molecule has 0 saturated carbocycles. The van der Waals surface area contributed by atoms with Crippen LogP contribution >= 0.6 is 11.6 Å². The number of halogens is 1. The molecule has 0 bridgehead atoms. The van der Waals surface area contributed by atoms with Crippen molar-refractivity contribution >= 4 is 33.6 Å². The van der Waals surface area contributed by atoms with Crippen LogP contribution in [0.2, 0.25) is 0 Å². The molecule has 3 rings (SSSR count). The van der Waals surface area contributed by atoms with Crippen LogP contribution in [0.5, 0.6) is 17.2 Å². The summed E-state index contributed by atoms with van der Waals surface area (Å²) in [5, 5.41) is 9.95. The van der Waals surface area contributed by atoms with E-state index in [4.69, 9.17) is 21.1 Å². The van der Waals surface area contributed by atoms with Gasteiger partial charge in [-0.25, -0.2) is 4.98 Å². The lowest BCUT2D eigenvalue weighted by molar-refractivity contribution is 0.355. The van der Waals surface area contributed by atoms with Gasteiger partial charge in [-0.2, -0.15) is 0 Å². The van der Waals surface area contributed by atoms with Gasteiger partial charge in [-0.1, -0.05) is 23.7 Å². The van der Waals surface area contributed by atoms with Gasteiger partial charge in [0.25, 0.3) is 5.56 Å². The number of nitrogens with zero attached hydrogens (tertiary/aromatic N) is 1. The third-order valence-electron chi connectivity index (χ3n) is 3.62. The molecule has 2 aromatic carbocycles. The molecule has 0 spiro atoms. The molecule has 0 fully saturated rings. The van der Waals surface area contributed by atoms with E-state index in [0.29, 0.717) is 22.4 Å². The van der Waals surface area contributed by atoms with Crippen molar-refractivity contribution in [1.82, 2.24) is 9.97 Å². The van der Waals surface area contributed by atoms with E-state index >= 15 is 0 Å². The minimum absolute atomic E-state index is 0.159. The quantitative estimate of drug-likeness (QED) is 0.746. The topological polar surface area (TPSA) is 84.4 Å². The highest BCUT2D eigenvalue weighted by atomic mass is 35.5. The normalized spacial score (nSPS) is 11.6. The SMILES string of the molecule is COc1cc2nc(C(Cl)=Cc3ccc(O)cc3)[nH]c(=O)c2cc1OC. The molecule has 0 aliphatic rings. The molecule has 6 nitrogen and oxygen atoms in total. The maximum Gasteiger partial charge on any atom is 0.259 e. The number of phenols is 1. The van der Waals surface area contributed by atoms with Crippen molar-refractivity contribution in [1.29, 1.82) is 0 Å². The number of H-pyrrole nitrogens is 1. The van der Waals surface area contributed by atoms with E-state index in [-0.39, 0.29) is 22.2 Å².